The first-order valence-corrected chi connectivity index (χ1v) is 10.9. The second-order valence-corrected chi connectivity index (χ2v) is 7.96. The minimum atomic E-state index is -5.34. The highest BCUT2D eigenvalue weighted by molar-refractivity contribution is 6.03. The van der Waals surface area contributed by atoms with Crippen LogP contribution in [-0.4, -0.2) is 40.0 Å². The maximum Gasteiger partial charge on any atom is 0.491 e. The van der Waals surface area contributed by atoms with E-state index in [1.54, 1.807) is 30.1 Å². The second kappa shape index (κ2) is 10.1. The molecule has 2 aromatic heterocycles. The molecule has 11 heteroatoms. The molecule has 2 heterocycles. The molecule has 8 nitrogen and oxygen atoms in total. The largest absolute Gasteiger partial charge is 0.497 e. The molecule has 0 spiro atoms. The van der Waals surface area contributed by atoms with Crippen molar-refractivity contribution in [3.05, 3.63) is 83.8 Å². The number of carbonyl (C=O) groups excluding carboxylic acids is 2. The molecule has 0 bridgehead atoms. The van der Waals surface area contributed by atoms with Crippen molar-refractivity contribution in [2.75, 3.05) is 12.4 Å². The van der Waals surface area contributed by atoms with Crippen LogP contribution in [0.25, 0.3) is 16.8 Å². The van der Waals surface area contributed by atoms with Gasteiger partial charge in [-0.05, 0) is 49.7 Å². The third-order valence-corrected chi connectivity index (χ3v) is 5.47. The molecule has 0 fully saturated rings. The molecule has 0 atom stereocenters. The number of carbonyl (C=O) groups is 2. The Morgan fingerprint density at radius 1 is 1.03 bits per heavy atom. The van der Waals surface area contributed by atoms with Gasteiger partial charge in [0.25, 0.3) is 0 Å². The van der Waals surface area contributed by atoms with Crippen LogP contribution in [0.2, 0.25) is 0 Å². The monoisotopic (exact) mass is 510 g/mol. The summed E-state index contributed by atoms with van der Waals surface area (Å²) in [5.41, 5.74) is 3.35. The molecule has 0 aliphatic rings. The third kappa shape index (κ3) is 5.30. The van der Waals surface area contributed by atoms with E-state index in [1.807, 2.05) is 37.3 Å². The van der Waals surface area contributed by atoms with Gasteiger partial charge in [-0.15, -0.1) is 0 Å². The quantitative estimate of drug-likeness (QED) is 0.268. The zero-order chi connectivity index (χ0) is 26.7. The number of aromatic nitrogens is 3. The maximum absolute atomic E-state index is 12.8. The Kier molecular flexibility index (Phi) is 6.96. The number of pyridine rings is 1. The number of rotatable bonds is 6. The molecule has 4 aromatic rings. The lowest BCUT2D eigenvalue weighted by Crippen LogP contribution is -2.28. The Morgan fingerprint density at radius 2 is 1.78 bits per heavy atom. The first kappa shape index (κ1) is 25.4. The molecule has 0 saturated heterocycles. The summed E-state index contributed by atoms with van der Waals surface area (Å²) in [6.45, 7) is 3.70. The van der Waals surface area contributed by atoms with Crippen molar-refractivity contribution in [2.24, 2.45) is 0 Å². The predicted octanol–water partition coefficient (Wildman–Crippen LogP) is 5.55. The molecule has 0 radical (unpaired) electrons. The van der Waals surface area contributed by atoms with Crippen LogP contribution in [0.5, 0.6) is 5.75 Å². The van der Waals surface area contributed by atoms with Crippen LogP contribution >= 0.6 is 0 Å². The Hall–Kier alpha value is -4.67. The number of ether oxygens (including phenoxy) is 2. The van der Waals surface area contributed by atoms with E-state index in [0.29, 0.717) is 22.6 Å². The summed E-state index contributed by atoms with van der Waals surface area (Å²) in [7, 11) is 1.33. The molecule has 190 valence electrons. The molecule has 0 aliphatic carbocycles. The van der Waals surface area contributed by atoms with Crippen molar-refractivity contribution >= 4 is 23.4 Å². The lowest BCUT2D eigenvalue weighted by molar-refractivity contribution is -0.193. The van der Waals surface area contributed by atoms with Crippen LogP contribution in [0.1, 0.15) is 21.6 Å². The van der Waals surface area contributed by atoms with Crippen LogP contribution in [0.3, 0.4) is 0 Å². The van der Waals surface area contributed by atoms with E-state index in [1.165, 1.54) is 25.3 Å². The summed E-state index contributed by atoms with van der Waals surface area (Å²) >= 11 is 0. The topological polar surface area (TPSA) is 95.3 Å². The Morgan fingerprint density at radius 3 is 2.43 bits per heavy atom. The number of esters is 2. The van der Waals surface area contributed by atoms with Crippen molar-refractivity contribution in [1.82, 2.24) is 14.8 Å². The van der Waals surface area contributed by atoms with E-state index in [9.17, 15) is 22.8 Å². The normalized spacial score (nSPS) is 11.2. The van der Waals surface area contributed by atoms with Crippen LogP contribution in [0, 0.1) is 13.8 Å². The van der Waals surface area contributed by atoms with E-state index in [4.69, 9.17) is 4.74 Å². The predicted molar refractivity (Wildman–Crippen MR) is 129 cm³/mol. The van der Waals surface area contributed by atoms with Gasteiger partial charge >= 0.3 is 18.1 Å². The highest BCUT2D eigenvalue weighted by Gasteiger charge is 2.43. The van der Waals surface area contributed by atoms with Crippen molar-refractivity contribution < 1.29 is 32.2 Å². The van der Waals surface area contributed by atoms with Gasteiger partial charge in [0.15, 0.2) is 0 Å². The van der Waals surface area contributed by atoms with Crippen molar-refractivity contribution in [1.29, 1.82) is 0 Å². The number of nitrogens with one attached hydrogen (secondary N) is 1. The standard InChI is InChI=1S/C26H21F3N4O4/c1-15-7-4-5-9-21(15)33-23(22(16(2)32-33)17-8-6-12-30-14-17)31-20-11-10-18(36-3)13-19(20)24(34)37-25(35)26(27,28)29/h4-14,31H,1-3H3. The average molecular weight is 510 g/mol. The number of hydrogen-bond donors (Lipinski definition) is 1. The Labute approximate surface area is 209 Å². The van der Waals surface area contributed by atoms with Gasteiger partial charge in [0, 0.05) is 23.5 Å². The number of para-hydroxylation sites is 1. The number of alkyl halides is 3. The van der Waals surface area contributed by atoms with Gasteiger partial charge in [-0.3, -0.25) is 4.98 Å². The van der Waals surface area contributed by atoms with Crippen LogP contribution in [-0.2, 0) is 9.53 Å². The second-order valence-electron chi connectivity index (χ2n) is 7.96. The minimum Gasteiger partial charge on any atom is -0.497 e. The van der Waals surface area contributed by atoms with Gasteiger partial charge in [0.05, 0.1) is 29.7 Å². The van der Waals surface area contributed by atoms with Gasteiger partial charge < -0.3 is 14.8 Å². The fraction of sp³-hybridized carbons (Fsp3) is 0.154. The summed E-state index contributed by atoms with van der Waals surface area (Å²) < 4.78 is 49.1. The van der Waals surface area contributed by atoms with E-state index in [2.05, 4.69) is 20.1 Å². The SMILES string of the molecule is COc1ccc(Nc2c(-c3cccnc3)c(C)nn2-c2ccccc2C)c(C(=O)OC(=O)C(F)(F)F)c1. The lowest BCUT2D eigenvalue weighted by atomic mass is 10.1. The summed E-state index contributed by atoms with van der Waals surface area (Å²) in [5.74, 6) is -3.53. The zero-order valence-corrected chi connectivity index (χ0v) is 20.0. The molecule has 0 unspecified atom stereocenters. The number of nitrogens with zero attached hydrogens (tertiary/aromatic N) is 3. The number of methoxy groups -OCH3 is 1. The molecule has 0 saturated carbocycles. The van der Waals surface area contributed by atoms with Gasteiger partial charge in [0.1, 0.15) is 11.6 Å². The van der Waals surface area contributed by atoms with Gasteiger partial charge in [0.2, 0.25) is 0 Å². The molecule has 1 N–H and O–H groups in total. The van der Waals surface area contributed by atoms with Crippen molar-refractivity contribution in [3.8, 4) is 22.6 Å². The number of halogens is 3. The number of benzene rings is 2. The van der Waals surface area contributed by atoms with E-state index in [0.717, 1.165) is 11.3 Å². The molecular weight excluding hydrogens is 489 g/mol. The summed E-state index contributed by atoms with van der Waals surface area (Å²) in [6, 6.07) is 15.2. The molecular formula is C26H21F3N4O4. The average Bonchev–Trinajstić information content (AvgIpc) is 3.19. The zero-order valence-electron chi connectivity index (χ0n) is 20.0. The highest BCUT2D eigenvalue weighted by atomic mass is 19.4. The highest BCUT2D eigenvalue weighted by Crippen LogP contribution is 2.37. The van der Waals surface area contributed by atoms with Crippen LogP contribution in [0.15, 0.2) is 67.0 Å². The number of anilines is 2. The van der Waals surface area contributed by atoms with E-state index < -0.39 is 18.1 Å². The van der Waals surface area contributed by atoms with Crippen molar-refractivity contribution in [2.45, 2.75) is 20.0 Å². The lowest BCUT2D eigenvalue weighted by Gasteiger charge is -2.17. The first-order valence-electron chi connectivity index (χ1n) is 10.9. The molecule has 0 amide bonds. The van der Waals surface area contributed by atoms with Gasteiger partial charge in [-0.2, -0.15) is 18.3 Å². The molecule has 0 aliphatic heterocycles. The number of aryl methyl sites for hydroxylation is 2. The van der Waals surface area contributed by atoms with Gasteiger partial charge in [-0.25, -0.2) is 14.3 Å². The summed E-state index contributed by atoms with van der Waals surface area (Å²) in [5, 5.41) is 7.81. The fourth-order valence-electron chi connectivity index (χ4n) is 3.73. The smallest absolute Gasteiger partial charge is 0.491 e. The third-order valence-electron chi connectivity index (χ3n) is 5.47. The number of hydrogen-bond acceptors (Lipinski definition) is 7. The Balaban J connectivity index is 1.88. The minimum absolute atomic E-state index is 0.0700. The summed E-state index contributed by atoms with van der Waals surface area (Å²) in [6.07, 6.45) is -2.08. The van der Waals surface area contributed by atoms with E-state index in [-0.39, 0.29) is 17.0 Å². The fourth-order valence-corrected chi connectivity index (χ4v) is 3.73. The summed E-state index contributed by atoms with van der Waals surface area (Å²) in [4.78, 5) is 28.2. The van der Waals surface area contributed by atoms with Crippen molar-refractivity contribution in [3.63, 3.8) is 0 Å². The van der Waals surface area contributed by atoms with Crippen LogP contribution in [0.4, 0.5) is 24.7 Å². The molecule has 4 rings (SSSR count). The van der Waals surface area contributed by atoms with E-state index >= 15 is 0 Å². The Bertz CT molecular complexity index is 1470. The first-order chi connectivity index (χ1) is 17.6. The molecule has 2 aromatic carbocycles. The van der Waals surface area contributed by atoms with Crippen LogP contribution < -0.4 is 10.1 Å². The molecule has 37 heavy (non-hydrogen) atoms. The maximum atomic E-state index is 12.8. The van der Waals surface area contributed by atoms with Gasteiger partial charge in [-0.1, -0.05) is 24.3 Å².